The molecule has 0 aliphatic rings. The van der Waals surface area contributed by atoms with E-state index in [9.17, 15) is 4.79 Å². The van der Waals surface area contributed by atoms with Crippen molar-refractivity contribution in [3.05, 3.63) is 24.7 Å². The number of hydrogen-bond acceptors (Lipinski definition) is 6. The number of aryl methyl sites for hydroxylation is 1. The fourth-order valence-electron chi connectivity index (χ4n) is 1.36. The van der Waals surface area contributed by atoms with E-state index < -0.39 is 0 Å². The molecular formula is C10H12N6O2. The van der Waals surface area contributed by atoms with Gasteiger partial charge in [-0.2, -0.15) is 0 Å². The molecule has 0 radical (unpaired) electrons. The lowest BCUT2D eigenvalue weighted by molar-refractivity contribution is -0.116. The first-order valence-electron chi connectivity index (χ1n) is 5.29. The maximum atomic E-state index is 11.7. The summed E-state index contributed by atoms with van der Waals surface area (Å²) in [5.74, 6) is 0.227. The van der Waals surface area contributed by atoms with Crippen LogP contribution in [0.5, 0.6) is 5.88 Å². The smallest absolute Gasteiger partial charge is 0.237 e. The molecule has 2 aromatic rings. The third kappa shape index (κ3) is 3.00. The fourth-order valence-corrected chi connectivity index (χ4v) is 1.36. The first-order chi connectivity index (χ1) is 8.79. The van der Waals surface area contributed by atoms with Crippen molar-refractivity contribution < 1.29 is 9.53 Å². The van der Waals surface area contributed by atoms with Crippen LogP contribution in [-0.4, -0.2) is 38.2 Å². The maximum Gasteiger partial charge on any atom is 0.237 e. The summed E-state index contributed by atoms with van der Waals surface area (Å²) in [5.41, 5.74) is 0.543. The number of rotatable bonds is 5. The molecule has 18 heavy (non-hydrogen) atoms. The van der Waals surface area contributed by atoms with Crippen molar-refractivity contribution in [2.45, 2.75) is 13.0 Å². The van der Waals surface area contributed by atoms with E-state index in [1.165, 1.54) is 18.1 Å². The molecule has 0 bridgehead atoms. The number of amides is 1. The minimum Gasteiger partial charge on any atom is -0.480 e. The van der Waals surface area contributed by atoms with Crippen LogP contribution >= 0.6 is 0 Å². The van der Waals surface area contributed by atoms with E-state index >= 15 is 0 Å². The summed E-state index contributed by atoms with van der Waals surface area (Å²) in [4.78, 5) is 15.7. The molecule has 2 rings (SSSR count). The molecule has 0 unspecified atom stereocenters. The van der Waals surface area contributed by atoms with E-state index in [4.69, 9.17) is 4.74 Å². The summed E-state index contributed by atoms with van der Waals surface area (Å²) >= 11 is 0. The van der Waals surface area contributed by atoms with E-state index in [-0.39, 0.29) is 12.3 Å². The average Bonchev–Trinajstić information content (AvgIpc) is 2.90. The van der Waals surface area contributed by atoms with Crippen molar-refractivity contribution in [3.63, 3.8) is 0 Å². The number of carbonyl (C=O) groups excluding carboxylic acids is 1. The number of hydrogen-bond donors (Lipinski definition) is 1. The zero-order chi connectivity index (χ0) is 12.8. The molecule has 0 spiro atoms. The highest BCUT2D eigenvalue weighted by molar-refractivity contribution is 5.91. The molecule has 0 saturated carbocycles. The first-order valence-corrected chi connectivity index (χ1v) is 5.29. The van der Waals surface area contributed by atoms with Gasteiger partial charge in [0.2, 0.25) is 11.8 Å². The number of tetrazole rings is 1. The molecule has 94 valence electrons. The predicted octanol–water partition coefficient (Wildman–Crippen LogP) is 0.105. The molecule has 0 aliphatic carbocycles. The number of anilines is 1. The SMILES string of the molecule is COc1ncccc1NC(=O)CCn1cnnn1. The van der Waals surface area contributed by atoms with Gasteiger partial charge in [-0.25, -0.2) is 9.67 Å². The molecule has 0 aromatic carbocycles. The Kier molecular flexibility index (Phi) is 3.79. The van der Waals surface area contributed by atoms with Crippen molar-refractivity contribution in [2.75, 3.05) is 12.4 Å². The monoisotopic (exact) mass is 248 g/mol. The number of carbonyl (C=O) groups is 1. The highest BCUT2D eigenvalue weighted by Gasteiger charge is 2.08. The van der Waals surface area contributed by atoms with Crippen molar-refractivity contribution in [1.82, 2.24) is 25.2 Å². The topological polar surface area (TPSA) is 94.8 Å². The second-order valence-electron chi connectivity index (χ2n) is 3.43. The molecule has 0 fully saturated rings. The lowest BCUT2D eigenvalue weighted by Gasteiger charge is -2.08. The van der Waals surface area contributed by atoms with Crippen LogP contribution in [0.25, 0.3) is 0 Å². The quantitative estimate of drug-likeness (QED) is 0.806. The van der Waals surface area contributed by atoms with E-state index in [1.807, 2.05) is 0 Å². The Balaban J connectivity index is 1.90. The van der Waals surface area contributed by atoms with Crippen LogP contribution in [0, 0.1) is 0 Å². The standard InChI is InChI=1S/C10H12N6O2/c1-18-10-8(3-2-5-11-10)13-9(17)4-6-16-7-12-14-15-16/h2-3,5,7H,4,6H2,1H3,(H,13,17). The summed E-state index contributed by atoms with van der Waals surface area (Å²) < 4.78 is 6.52. The van der Waals surface area contributed by atoms with Gasteiger partial charge >= 0.3 is 0 Å². The first kappa shape index (κ1) is 12.0. The van der Waals surface area contributed by atoms with Gasteiger partial charge in [-0.3, -0.25) is 4.79 Å². The summed E-state index contributed by atoms with van der Waals surface area (Å²) in [5, 5.41) is 13.3. The lowest BCUT2D eigenvalue weighted by atomic mass is 10.3. The Morgan fingerprint density at radius 1 is 1.56 bits per heavy atom. The Bertz CT molecular complexity index is 513. The van der Waals surface area contributed by atoms with E-state index in [0.717, 1.165) is 0 Å². The van der Waals surface area contributed by atoms with E-state index in [2.05, 4.69) is 25.8 Å². The number of pyridine rings is 1. The number of nitrogens with one attached hydrogen (secondary N) is 1. The van der Waals surface area contributed by atoms with Gasteiger partial charge in [0.25, 0.3) is 0 Å². The molecule has 1 N–H and O–H groups in total. The minimum absolute atomic E-state index is 0.156. The Labute approximate surface area is 103 Å². The third-order valence-electron chi connectivity index (χ3n) is 2.20. The highest BCUT2D eigenvalue weighted by Crippen LogP contribution is 2.19. The van der Waals surface area contributed by atoms with Crippen LogP contribution in [0.4, 0.5) is 5.69 Å². The largest absolute Gasteiger partial charge is 0.480 e. The van der Waals surface area contributed by atoms with Gasteiger partial charge in [0, 0.05) is 12.6 Å². The van der Waals surface area contributed by atoms with Crippen molar-refractivity contribution in [1.29, 1.82) is 0 Å². The van der Waals surface area contributed by atoms with E-state index in [1.54, 1.807) is 18.3 Å². The highest BCUT2D eigenvalue weighted by atomic mass is 16.5. The van der Waals surface area contributed by atoms with Crippen LogP contribution in [0.3, 0.4) is 0 Å². The Morgan fingerprint density at radius 2 is 2.44 bits per heavy atom. The van der Waals surface area contributed by atoms with Gasteiger partial charge in [-0.15, -0.1) is 5.10 Å². The fraction of sp³-hybridized carbons (Fsp3) is 0.300. The van der Waals surface area contributed by atoms with E-state index in [0.29, 0.717) is 18.1 Å². The molecule has 0 saturated heterocycles. The summed E-state index contributed by atoms with van der Waals surface area (Å²) in [6.45, 7) is 0.418. The zero-order valence-corrected chi connectivity index (χ0v) is 9.78. The predicted molar refractivity (Wildman–Crippen MR) is 61.9 cm³/mol. The second kappa shape index (κ2) is 5.71. The number of nitrogens with zero attached hydrogens (tertiary/aromatic N) is 5. The van der Waals surface area contributed by atoms with Crippen molar-refractivity contribution in [3.8, 4) is 5.88 Å². The van der Waals surface area contributed by atoms with Crippen LogP contribution < -0.4 is 10.1 Å². The molecule has 8 heteroatoms. The summed E-state index contributed by atoms with van der Waals surface area (Å²) in [6, 6.07) is 3.44. The van der Waals surface area contributed by atoms with Gasteiger partial charge in [-0.1, -0.05) is 0 Å². The van der Waals surface area contributed by atoms with Crippen LogP contribution in [0.15, 0.2) is 24.7 Å². The van der Waals surface area contributed by atoms with Gasteiger partial charge in [0.1, 0.15) is 12.0 Å². The van der Waals surface area contributed by atoms with Gasteiger partial charge in [0.15, 0.2) is 0 Å². The molecular weight excluding hydrogens is 236 g/mol. The van der Waals surface area contributed by atoms with Crippen molar-refractivity contribution in [2.24, 2.45) is 0 Å². The zero-order valence-electron chi connectivity index (χ0n) is 9.78. The molecule has 0 aliphatic heterocycles. The van der Waals surface area contributed by atoms with Gasteiger partial charge in [0.05, 0.1) is 13.7 Å². The van der Waals surface area contributed by atoms with Crippen LogP contribution in [0.2, 0.25) is 0 Å². The van der Waals surface area contributed by atoms with Gasteiger partial charge < -0.3 is 10.1 Å². The minimum atomic E-state index is -0.156. The second-order valence-corrected chi connectivity index (χ2v) is 3.43. The molecule has 2 heterocycles. The number of aromatic nitrogens is 5. The van der Waals surface area contributed by atoms with Crippen LogP contribution in [-0.2, 0) is 11.3 Å². The number of methoxy groups -OCH3 is 1. The Hall–Kier alpha value is -2.51. The normalized spacial score (nSPS) is 10.1. The average molecular weight is 248 g/mol. The summed E-state index contributed by atoms with van der Waals surface area (Å²) in [6.07, 6.45) is 3.32. The maximum absolute atomic E-state index is 11.7. The summed E-state index contributed by atoms with van der Waals surface area (Å²) in [7, 11) is 1.50. The van der Waals surface area contributed by atoms with Crippen LogP contribution in [0.1, 0.15) is 6.42 Å². The number of ether oxygens (including phenoxy) is 1. The third-order valence-corrected chi connectivity index (χ3v) is 2.20. The molecule has 0 atom stereocenters. The van der Waals surface area contributed by atoms with Gasteiger partial charge in [-0.05, 0) is 22.6 Å². The molecule has 8 nitrogen and oxygen atoms in total. The molecule has 2 aromatic heterocycles. The van der Waals surface area contributed by atoms with Crippen molar-refractivity contribution >= 4 is 11.6 Å². The molecule has 1 amide bonds. The lowest BCUT2D eigenvalue weighted by Crippen LogP contribution is -2.15. The Morgan fingerprint density at radius 3 is 3.17 bits per heavy atom.